The summed E-state index contributed by atoms with van der Waals surface area (Å²) in [5.74, 6) is 0. The van der Waals surface area contributed by atoms with E-state index in [1.54, 1.807) is 10.4 Å². The number of rotatable bonds is 1. The summed E-state index contributed by atoms with van der Waals surface area (Å²) in [5.41, 5.74) is 11.5. The van der Waals surface area contributed by atoms with E-state index in [0.29, 0.717) is 6.04 Å². The topological polar surface area (TPSA) is 29.3 Å². The molecule has 2 nitrogen and oxygen atoms in total. The van der Waals surface area contributed by atoms with Gasteiger partial charge in [0.25, 0.3) is 0 Å². The lowest BCUT2D eigenvalue weighted by molar-refractivity contribution is 0.163. The van der Waals surface area contributed by atoms with Crippen LogP contribution in [0.15, 0.2) is 29.6 Å². The van der Waals surface area contributed by atoms with E-state index < -0.39 is 0 Å². The summed E-state index contributed by atoms with van der Waals surface area (Å²) in [4.78, 5) is 4.27. The molecule has 1 unspecified atom stereocenters. The van der Waals surface area contributed by atoms with Gasteiger partial charge in [-0.15, -0.1) is 11.3 Å². The van der Waals surface area contributed by atoms with Crippen molar-refractivity contribution in [1.82, 2.24) is 4.90 Å². The normalized spacial score (nSPS) is 22.3. The van der Waals surface area contributed by atoms with Gasteiger partial charge < -0.3 is 5.73 Å². The third-order valence-electron chi connectivity index (χ3n) is 4.79. The van der Waals surface area contributed by atoms with Crippen LogP contribution in [0.5, 0.6) is 0 Å². The Labute approximate surface area is 124 Å². The fourth-order valence-corrected chi connectivity index (χ4v) is 4.75. The molecule has 2 aromatic rings. The molecule has 0 bridgehead atoms. The number of benzene rings is 1. The maximum Gasteiger partial charge on any atom is 0.0362 e. The third-order valence-corrected chi connectivity index (χ3v) is 5.79. The molecule has 1 aliphatic carbocycles. The Bertz CT molecular complexity index is 632. The number of nitrogens with two attached hydrogens (primary N) is 1. The second-order valence-electron chi connectivity index (χ2n) is 5.91. The molecule has 3 heteroatoms. The Hall–Kier alpha value is -1.32. The van der Waals surface area contributed by atoms with Gasteiger partial charge in [0.2, 0.25) is 0 Å². The zero-order chi connectivity index (χ0) is 13.5. The van der Waals surface area contributed by atoms with E-state index in [1.165, 1.54) is 30.4 Å². The minimum Gasteiger partial charge on any atom is -0.398 e. The molecule has 1 aromatic heterocycles. The van der Waals surface area contributed by atoms with Gasteiger partial charge in [-0.1, -0.05) is 12.1 Å². The summed E-state index contributed by atoms with van der Waals surface area (Å²) in [6, 6.07) is 9.34. The number of aryl methyl sites for hydroxylation is 1. The van der Waals surface area contributed by atoms with Gasteiger partial charge >= 0.3 is 0 Å². The summed E-state index contributed by atoms with van der Waals surface area (Å²) >= 11 is 1.93. The van der Waals surface area contributed by atoms with E-state index >= 15 is 0 Å². The predicted octanol–water partition coefficient (Wildman–Crippen LogP) is 3.77. The van der Waals surface area contributed by atoms with Gasteiger partial charge in [-0.25, -0.2) is 0 Å². The molecule has 0 radical (unpaired) electrons. The van der Waals surface area contributed by atoms with Gasteiger partial charge in [0.1, 0.15) is 0 Å². The minimum atomic E-state index is 0.625. The van der Waals surface area contributed by atoms with Gasteiger partial charge in [0.05, 0.1) is 0 Å². The minimum absolute atomic E-state index is 0.625. The van der Waals surface area contributed by atoms with Crippen molar-refractivity contribution in [2.45, 2.75) is 38.3 Å². The Morgan fingerprint density at radius 1 is 1.20 bits per heavy atom. The number of hydrogen-bond donors (Lipinski definition) is 1. The summed E-state index contributed by atoms with van der Waals surface area (Å²) < 4.78 is 0. The summed E-state index contributed by atoms with van der Waals surface area (Å²) in [6.45, 7) is 2.20. The first-order valence-corrected chi connectivity index (χ1v) is 8.37. The van der Waals surface area contributed by atoms with Crippen LogP contribution in [0.2, 0.25) is 0 Å². The van der Waals surface area contributed by atoms with Crippen LogP contribution in [0, 0.1) is 0 Å². The highest BCUT2D eigenvalue weighted by molar-refractivity contribution is 7.10. The van der Waals surface area contributed by atoms with Gasteiger partial charge in [-0.05, 0) is 59.9 Å². The van der Waals surface area contributed by atoms with Crippen molar-refractivity contribution in [3.05, 3.63) is 51.2 Å². The van der Waals surface area contributed by atoms with Gasteiger partial charge in [0.15, 0.2) is 0 Å². The Morgan fingerprint density at radius 2 is 2.15 bits per heavy atom. The van der Waals surface area contributed by atoms with Crippen molar-refractivity contribution in [3.8, 4) is 0 Å². The molecule has 1 atom stereocenters. The average Bonchev–Trinajstić information content (AvgIpc) is 2.95. The molecule has 20 heavy (non-hydrogen) atoms. The lowest BCUT2D eigenvalue weighted by Crippen LogP contribution is -2.35. The van der Waals surface area contributed by atoms with Crippen molar-refractivity contribution in [3.63, 3.8) is 0 Å². The number of fused-ring (bicyclic) bond motifs is 2. The lowest BCUT2D eigenvalue weighted by Gasteiger charge is -2.38. The molecule has 0 spiro atoms. The summed E-state index contributed by atoms with van der Waals surface area (Å²) in [7, 11) is 0. The van der Waals surface area contributed by atoms with Crippen LogP contribution in [0.3, 0.4) is 0 Å². The van der Waals surface area contributed by atoms with Crippen LogP contribution < -0.4 is 5.73 Å². The first-order valence-electron chi connectivity index (χ1n) is 7.49. The van der Waals surface area contributed by atoms with Crippen molar-refractivity contribution >= 4 is 17.0 Å². The molecule has 2 aliphatic rings. The Balaban J connectivity index is 1.64. The van der Waals surface area contributed by atoms with Gasteiger partial charge in [-0.2, -0.15) is 0 Å². The highest BCUT2D eigenvalue weighted by Crippen LogP contribution is 2.39. The van der Waals surface area contributed by atoms with E-state index in [1.807, 2.05) is 17.4 Å². The maximum absolute atomic E-state index is 6.11. The Kier molecular flexibility index (Phi) is 3.04. The second kappa shape index (κ2) is 4.90. The average molecular weight is 284 g/mol. The van der Waals surface area contributed by atoms with Gasteiger partial charge in [-0.3, -0.25) is 4.90 Å². The second-order valence-corrected chi connectivity index (χ2v) is 6.91. The van der Waals surface area contributed by atoms with Crippen LogP contribution in [0.25, 0.3) is 0 Å². The molecule has 104 valence electrons. The third kappa shape index (κ3) is 1.97. The molecular weight excluding hydrogens is 264 g/mol. The van der Waals surface area contributed by atoms with E-state index in [9.17, 15) is 0 Å². The molecule has 1 aliphatic heterocycles. The number of nitrogens with zero attached hydrogens (tertiary/aromatic N) is 1. The molecule has 1 aromatic carbocycles. The quantitative estimate of drug-likeness (QED) is 0.808. The van der Waals surface area contributed by atoms with Crippen LogP contribution in [0.1, 0.15) is 40.5 Å². The van der Waals surface area contributed by atoms with E-state index in [-0.39, 0.29) is 0 Å². The van der Waals surface area contributed by atoms with E-state index in [2.05, 4.69) is 28.5 Å². The molecule has 0 amide bonds. The molecule has 0 fully saturated rings. The zero-order valence-electron chi connectivity index (χ0n) is 11.6. The van der Waals surface area contributed by atoms with Crippen LogP contribution in [-0.4, -0.2) is 11.4 Å². The van der Waals surface area contributed by atoms with Crippen LogP contribution in [-0.2, 0) is 19.4 Å². The summed E-state index contributed by atoms with van der Waals surface area (Å²) in [5, 5.41) is 2.26. The standard InChI is InChI=1S/C17H20N2S/c18-15-4-1-3-12-11-19(9-7-13(12)15)16-5-2-6-17-14(16)8-10-20-17/h1,3-4,8,10,16H,2,5-7,9,11,18H2. The van der Waals surface area contributed by atoms with Crippen LogP contribution in [0.4, 0.5) is 5.69 Å². The number of thiophene rings is 1. The predicted molar refractivity (Wildman–Crippen MR) is 85.0 cm³/mol. The van der Waals surface area contributed by atoms with Crippen molar-refractivity contribution in [2.24, 2.45) is 0 Å². The molecule has 0 saturated carbocycles. The van der Waals surface area contributed by atoms with E-state index in [4.69, 9.17) is 5.73 Å². The smallest absolute Gasteiger partial charge is 0.0362 e. The molecule has 4 rings (SSSR count). The maximum atomic E-state index is 6.11. The SMILES string of the molecule is Nc1cccc2c1CCN(C1CCCc3sccc31)C2. The first kappa shape index (κ1) is 12.4. The number of hydrogen-bond acceptors (Lipinski definition) is 3. The highest BCUT2D eigenvalue weighted by Gasteiger charge is 2.29. The fraction of sp³-hybridized carbons (Fsp3) is 0.412. The van der Waals surface area contributed by atoms with Gasteiger partial charge in [0, 0.05) is 29.7 Å². The zero-order valence-corrected chi connectivity index (χ0v) is 12.5. The van der Waals surface area contributed by atoms with Crippen LogP contribution >= 0.6 is 11.3 Å². The van der Waals surface area contributed by atoms with Crippen molar-refractivity contribution in [1.29, 1.82) is 0 Å². The molecule has 0 saturated heterocycles. The molecule has 2 N–H and O–H groups in total. The monoisotopic (exact) mass is 284 g/mol. The number of nitrogen functional groups attached to an aromatic ring is 1. The van der Waals surface area contributed by atoms with Crippen molar-refractivity contribution < 1.29 is 0 Å². The molecular formula is C17H20N2S. The highest BCUT2D eigenvalue weighted by atomic mass is 32.1. The Morgan fingerprint density at radius 3 is 3.10 bits per heavy atom. The lowest BCUT2D eigenvalue weighted by atomic mass is 9.89. The summed E-state index contributed by atoms with van der Waals surface area (Å²) in [6.07, 6.45) is 5.01. The molecule has 2 heterocycles. The number of anilines is 1. The first-order chi connectivity index (χ1) is 9.83. The van der Waals surface area contributed by atoms with E-state index in [0.717, 1.165) is 25.2 Å². The van der Waals surface area contributed by atoms with Crippen molar-refractivity contribution in [2.75, 3.05) is 12.3 Å². The fourth-order valence-electron chi connectivity index (χ4n) is 3.77. The largest absolute Gasteiger partial charge is 0.398 e.